The first-order chi connectivity index (χ1) is 9.61. The molecule has 0 aliphatic heterocycles. The molecule has 0 spiro atoms. The lowest BCUT2D eigenvalue weighted by molar-refractivity contribution is -0.149. The van der Waals surface area contributed by atoms with Crippen LogP contribution in [0.1, 0.15) is 20.3 Å². The molecule has 5 nitrogen and oxygen atoms in total. The van der Waals surface area contributed by atoms with Gasteiger partial charge in [-0.1, -0.05) is 11.4 Å². The molecule has 2 unspecified atom stereocenters. The van der Waals surface area contributed by atoms with Gasteiger partial charge in [0.1, 0.15) is 5.25 Å². The Bertz CT molecular complexity index is 416. The second-order valence-corrected chi connectivity index (χ2v) is 10.6. The second-order valence-electron chi connectivity index (χ2n) is 3.50. The molecule has 0 aromatic heterocycles. The average Bonchev–Trinajstić information content (AvgIpc) is 2.37. The van der Waals surface area contributed by atoms with Crippen LogP contribution in [0.5, 0.6) is 0 Å². The van der Waals surface area contributed by atoms with Crippen molar-refractivity contribution in [1.82, 2.24) is 0 Å². The highest BCUT2D eigenvalue weighted by Crippen LogP contribution is 2.72. The van der Waals surface area contributed by atoms with Crippen LogP contribution in [-0.4, -0.2) is 43.4 Å². The Labute approximate surface area is 129 Å². The Morgan fingerprint density at radius 1 is 1.24 bits per heavy atom. The normalized spacial score (nSPS) is 15.9. The number of esters is 2. The van der Waals surface area contributed by atoms with Crippen LogP contribution in [0.2, 0.25) is 0 Å². The molecule has 0 aromatic carbocycles. The molecule has 21 heavy (non-hydrogen) atoms. The molecular weight excluding hydrogens is 352 g/mol. The maximum atomic E-state index is 12.9. The minimum atomic E-state index is -4.79. The van der Waals surface area contributed by atoms with Gasteiger partial charge in [0.2, 0.25) is 5.47 Å². The van der Waals surface area contributed by atoms with Crippen LogP contribution in [0.25, 0.3) is 0 Å². The molecule has 0 aromatic rings. The SMILES string of the molecule is CCOC(=O)CC(SP(=S)(OC)C(F)(F)F)C(=O)OCC. The summed E-state index contributed by atoms with van der Waals surface area (Å²) in [6, 6.07) is 0. The molecule has 0 radical (unpaired) electrons. The Hall–Kier alpha value is -0.310. The number of halogens is 3. The van der Waals surface area contributed by atoms with Gasteiger partial charge >= 0.3 is 17.9 Å². The summed E-state index contributed by atoms with van der Waals surface area (Å²) in [5.74, 6) is -6.55. The fourth-order valence-electron chi connectivity index (χ4n) is 1.14. The van der Waals surface area contributed by atoms with E-state index in [1.165, 1.54) is 6.92 Å². The van der Waals surface area contributed by atoms with Crippen LogP contribution in [0.3, 0.4) is 0 Å². The predicted molar refractivity (Wildman–Crippen MR) is 76.6 cm³/mol. The van der Waals surface area contributed by atoms with Gasteiger partial charge in [-0.25, -0.2) is 0 Å². The monoisotopic (exact) mass is 368 g/mol. The number of rotatable bonds is 8. The van der Waals surface area contributed by atoms with Crippen LogP contribution < -0.4 is 0 Å². The van der Waals surface area contributed by atoms with Crippen molar-refractivity contribution in [2.75, 3.05) is 20.3 Å². The van der Waals surface area contributed by atoms with Gasteiger partial charge in [-0.15, -0.1) is 0 Å². The summed E-state index contributed by atoms with van der Waals surface area (Å²) in [5.41, 5.74) is -4.35. The maximum Gasteiger partial charge on any atom is 0.447 e. The first kappa shape index (κ1) is 20.7. The summed E-state index contributed by atoms with van der Waals surface area (Å²) in [6.07, 6.45) is -0.560. The average molecular weight is 368 g/mol. The minimum Gasteiger partial charge on any atom is -0.466 e. The molecule has 124 valence electrons. The van der Waals surface area contributed by atoms with Crippen molar-refractivity contribution in [2.45, 2.75) is 31.4 Å². The molecule has 0 bridgehead atoms. The summed E-state index contributed by atoms with van der Waals surface area (Å²) in [7, 11) is 0.827. The molecule has 0 fully saturated rings. The zero-order valence-corrected chi connectivity index (χ0v) is 14.2. The van der Waals surface area contributed by atoms with Crippen LogP contribution in [0.4, 0.5) is 13.2 Å². The molecule has 0 aliphatic rings. The number of carbonyl (C=O) groups excluding carboxylic acids is 2. The van der Waals surface area contributed by atoms with Crippen molar-refractivity contribution in [2.24, 2.45) is 0 Å². The lowest BCUT2D eigenvalue weighted by Crippen LogP contribution is -2.25. The zero-order chi connectivity index (χ0) is 16.7. The summed E-state index contributed by atoms with van der Waals surface area (Å²) in [5, 5.41) is -1.42. The number of carbonyl (C=O) groups is 2. The topological polar surface area (TPSA) is 61.8 Å². The maximum absolute atomic E-state index is 12.9. The third-order valence-electron chi connectivity index (χ3n) is 2.02. The summed E-state index contributed by atoms with van der Waals surface area (Å²) < 4.78 is 52.5. The summed E-state index contributed by atoms with van der Waals surface area (Å²) in [6.45, 7) is 3.07. The van der Waals surface area contributed by atoms with Crippen molar-refractivity contribution in [1.29, 1.82) is 0 Å². The van der Waals surface area contributed by atoms with Gasteiger partial charge in [-0.05, 0) is 25.7 Å². The van der Waals surface area contributed by atoms with Gasteiger partial charge < -0.3 is 14.0 Å². The number of hydrogen-bond acceptors (Lipinski definition) is 7. The molecular formula is C10H16F3O5PS2. The first-order valence-electron chi connectivity index (χ1n) is 5.84. The smallest absolute Gasteiger partial charge is 0.447 e. The molecule has 2 atom stereocenters. The van der Waals surface area contributed by atoms with E-state index < -0.39 is 35.0 Å². The van der Waals surface area contributed by atoms with E-state index in [-0.39, 0.29) is 24.6 Å². The van der Waals surface area contributed by atoms with E-state index in [2.05, 4.69) is 25.8 Å². The zero-order valence-electron chi connectivity index (χ0n) is 11.6. The third-order valence-corrected chi connectivity index (χ3v) is 8.52. The number of hydrogen-bond donors (Lipinski definition) is 0. The fourth-order valence-corrected chi connectivity index (χ4v) is 5.29. The van der Waals surface area contributed by atoms with Gasteiger partial charge in [-0.3, -0.25) is 9.59 Å². The highest BCUT2D eigenvalue weighted by atomic mass is 32.9. The van der Waals surface area contributed by atoms with E-state index in [9.17, 15) is 22.8 Å². The molecule has 0 heterocycles. The minimum absolute atomic E-state index is 0.0272. The number of alkyl halides is 3. The van der Waals surface area contributed by atoms with Crippen molar-refractivity contribution >= 4 is 40.6 Å². The van der Waals surface area contributed by atoms with Crippen molar-refractivity contribution in [3.05, 3.63) is 0 Å². The van der Waals surface area contributed by atoms with E-state index in [4.69, 9.17) is 0 Å². The molecule has 0 saturated heterocycles. The second kappa shape index (κ2) is 8.97. The largest absolute Gasteiger partial charge is 0.466 e. The molecule has 0 rings (SSSR count). The van der Waals surface area contributed by atoms with Gasteiger partial charge in [-0.2, -0.15) is 13.2 Å². The Kier molecular flexibility index (Phi) is 8.84. The molecule has 0 amide bonds. The Morgan fingerprint density at radius 2 is 1.76 bits per heavy atom. The van der Waals surface area contributed by atoms with E-state index in [0.29, 0.717) is 0 Å². The van der Waals surface area contributed by atoms with Gasteiger partial charge in [0, 0.05) is 7.11 Å². The van der Waals surface area contributed by atoms with Crippen LogP contribution >= 0.6 is 16.8 Å². The Balaban J connectivity index is 5.17. The lowest BCUT2D eigenvalue weighted by atomic mass is 10.3. The van der Waals surface area contributed by atoms with Crippen molar-refractivity contribution < 1.29 is 36.8 Å². The van der Waals surface area contributed by atoms with Crippen LogP contribution in [0, 0.1) is 0 Å². The van der Waals surface area contributed by atoms with Gasteiger partial charge in [0.05, 0.1) is 19.6 Å². The fraction of sp³-hybridized carbons (Fsp3) is 0.800. The summed E-state index contributed by atoms with van der Waals surface area (Å²) >= 11 is 4.61. The van der Waals surface area contributed by atoms with E-state index in [1.807, 2.05) is 0 Å². The lowest BCUT2D eigenvalue weighted by Gasteiger charge is -2.25. The highest BCUT2D eigenvalue weighted by Gasteiger charge is 2.50. The predicted octanol–water partition coefficient (Wildman–Crippen LogP) is 3.08. The van der Waals surface area contributed by atoms with Gasteiger partial charge in [0.15, 0.2) is 0 Å². The van der Waals surface area contributed by atoms with Gasteiger partial charge in [0.25, 0.3) is 0 Å². The Morgan fingerprint density at radius 3 is 2.14 bits per heavy atom. The molecule has 0 N–H and O–H groups in total. The van der Waals surface area contributed by atoms with Crippen molar-refractivity contribution in [3.63, 3.8) is 0 Å². The van der Waals surface area contributed by atoms with Crippen molar-refractivity contribution in [3.8, 4) is 0 Å². The molecule has 0 saturated carbocycles. The third kappa shape index (κ3) is 6.54. The van der Waals surface area contributed by atoms with E-state index >= 15 is 0 Å². The summed E-state index contributed by atoms with van der Waals surface area (Å²) in [4.78, 5) is 23.1. The van der Waals surface area contributed by atoms with E-state index in [0.717, 1.165) is 7.11 Å². The first-order valence-corrected chi connectivity index (χ1v) is 10.0. The quantitative estimate of drug-likeness (QED) is 0.482. The molecule has 11 heteroatoms. The van der Waals surface area contributed by atoms with E-state index in [1.54, 1.807) is 6.92 Å². The highest BCUT2D eigenvalue weighted by molar-refractivity contribution is 8.70. The number of ether oxygens (including phenoxy) is 2. The molecule has 0 aliphatic carbocycles. The van der Waals surface area contributed by atoms with Crippen LogP contribution in [0.15, 0.2) is 0 Å². The van der Waals surface area contributed by atoms with Crippen LogP contribution in [-0.2, 0) is 35.4 Å². The standard InChI is InChI=1S/C10H16F3O5PS2/c1-4-17-8(14)6-7(9(15)18-5-2)21-19(20,16-3)10(11,12)13/h7H,4-6H2,1-3H3.